The Labute approximate surface area is 206 Å². The molecule has 0 aliphatic carbocycles. The Balaban J connectivity index is 1.61. The van der Waals surface area contributed by atoms with Crippen LogP contribution in [-0.2, 0) is 10.5 Å². The Bertz CT molecular complexity index is 1600. The molecule has 0 saturated carbocycles. The molecule has 0 amide bonds. The van der Waals surface area contributed by atoms with E-state index >= 15 is 0 Å². The molecule has 0 saturated heterocycles. The van der Waals surface area contributed by atoms with Crippen molar-refractivity contribution >= 4 is 63.2 Å². The number of nitrogens with zero attached hydrogens (tertiary/aromatic N) is 2. The maximum atomic E-state index is 11.5. The van der Waals surface area contributed by atoms with Crippen molar-refractivity contribution in [1.29, 1.82) is 0 Å². The Kier molecular flexibility index (Phi) is 5.43. The van der Waals surface area contributed by atoms with Crippen LogP contribution in [0, 0.1) is 0 Å². The van der Waals surface area contributed by atoms with E-state index in [-0.39, 0.29) is 5.12 Å². The predicted octanol–water partition coefficient (Wildman–Crippen LogP) is 7.10. The molecular weight excluding hydrogens is 452 g/mol. The summed E-state index contributed by atoms with van der Waals surface area (Å²) in [5.41, 5.74) is 10.6. The monoisotopic (exact) mass is 474 g/mol. The Morgan fingerprint density at radius 3 is 1.89 bits per heavy atom. The molecular formula is C29H22N4OS. The second-order valence-electron chi connectivity index (χ2n) is 8.54. The lowest BCUT2D eigenvalue weighted by Crippen LogP contribution is -1.91. The van der Waals surface area contributed by atoms with Crippen molar-refractivity contribution < 1.29 is 4.79 Å². The topological polar surface area (TPSA) is 74.4 Å². The van der Waals surface area contributed by atoms with Crippen LogP contribution in [0.5, 0.6) is 0 Å². The summed E-state index contributed by atoms with van der Waals surface area (Å²) in [6, 6.07) is 22.7. The fourth-order valence-electron chi connectivity index (χ4n) is 4.31. The lowest BCUT2D eigenvalue weighted by molar-refractivity contribution is -0.109. The van der Waals surface area contributed by atoms with Gasteiger partial charge in [0, 0.05) is 40.3 Å². The van der Waals surface area contributed by atoms with E-state index < -0.39 is 0 Å². The third-order valence-electron chi connectivity index (χ3n) is 5.87. The number of benzene rings is 1. The number of H-pyrrole nitrogens is 2. The average Bonchev–Trinajstić information content (AvgIpc) is 3.64. The van der Waals surface area contributed by atoms with E-state index in [0.717, 1.165) is 61.5 Å². The quantitative estimate of drug-likeness (QED) is 0.287. The van der Waals surface area contributed by atoms with Gasteiger partial charge >= 0.3 is 0 Å². The number of thioether (sulfide) groups is 1. The first kappa shape index (κ1) is 21.4. The Morgan fingerprint density at radius 1 is 0.743 bits per heavy atom. The van der Waals surface area contributed by atoms with E-state index in [1.807, 2.05) is 48.6 Å². The molecule has 2 aliphatic heterocycles. The van der Waals surface area contributed by atoms with E-state index in [1.54, 1.807) is 6.92 Å². The molecule has 6 heteroatoms. The van der Waals surface area contributed by atoms with Crippen molar-refractivity contribution in [2.24, 2.45) is 0 Å². The number of nitrogens with one attached hydrogen (secondary N) is 2. The van der Waals surface area contributed by atoms with Crippen LogP contribution in [0.4, 0.5) is 0 Å². The van der Waals surface area contributed by atoms with Gasteiger partial charge in [0.05, 0.1) is 22.8 Å². The fourth-order valence-corrected chi connectivity index (χ4v) is 4.86. The van der Waals surface area contributed by atoms with Crippen molar-refractivity contribution in [2.45, 2.75) is 12.7 Å². The van der Waals surface area contributed by atoms with Gasteiger partial charge in [-0.25, -0.2) is 9.97 Å². The molecule has 4 aromatic rings. The highest BCUT2D eigenvalue weighted by molar-refractivity contribution is 8.12. The first-order valence-electron chi connectivity index (χ1n) is 11.4. The van der Waals surface area contributed by atoms with Gasteiger partial charge in [-0.3, -0.25) is 4.79 Å². The summed E-state index contributed by atoms with van der Waals surface area (Å²) in [6.45, 7) is 1.60. The molecule has 2 aliphatic rings. The SMILES string of the molecule is CC(=O)SCc1cccc(-c2c3nc(cc4ccc(cc5ccc(cc6nc2C=C6)[nH]5)[nH]4)C=C3)c1. The first-order valence-corrected chi connectivity index (χ1v) is 12.4. The molecule has 0 spiro atoms. The zero-order chi connectivity index (χ0) is 23.8. The molecule has 170 valence electrons. The number of hydrogen-bond acceptors (Lipinski definition) is 4. The summed E-state index contributed by atoms with van der Waals surface area (Å²) in [5, 5.41) is 0.112. The zero-order valence-corrected chi connectivity index (χ0v) is 19.9. The molecule has 8 bridgehead atoms. The minimum Gasteiger partial charge on any atom is -0.355 e. The number of fused-ring (bicyclic) bond motifs is 8. The van der Waals surface area contributed by atoms with Gasteiger partial charge in [-0.15, -0.1) is 0 Å². The highest BCUT2D eigenvalue weighted by Crippen LogP contribution is 2.32. The summed E-state index contributed by atoms with van der Waals surface area (Å²) in [6.07, 6.45) is 8.14. The van der Waals surface area contributed by atoms with E-state index in [4.69, 9.17) is 9.97 Å². The largest absolute Gasteiger partial charge is 0.355 e. The lowest BCUT2D eigenvalue weighted by atomic mass is 10.0. The van der Waals surface area contributed by atoms with Gasteiger partial charge in [-0.2, -0.15) is 0 Å². The van der Waals surface area contributed by atoms with Crippen LogP contribution < -0.4 is 0 Å². The molecule has 2 N–H and O–H groups in total. The Hall–Kier alpha value is -4.16. The number of hydrogen-bond donors (Lipinski definition) is 2. The summed E-state index contributed by atoms with van der Waals surface area (Å²) in [4.78, 5) is 28.3. The van der Waals surface area contributed by atoms with Crippen LogP contribution in [0.1, 0.15) is 35.3 Å². The van der Waals surface area contributed by atoms with E-state index in [1.165, 1.54) is 11.8 Å². The molecule has 0 fully saturated rings. The van der Waals surface area contributed by atoms with E-state index in [0.29, 0.717) is 5.75 Å². The maximum absolute atomic E-state index is 11.5. The maximum Gasteiger partial charge on any atom is 0.186 e. The summed E-state index contributed by atoms with van der Waals surface area (Å²) in [7, 11) is 0. The zero-order valence-electron chi connectivity index (χ0n) is 19.1. The van der Waals surface area contributed by atoms with Crippen LogP contribution in [0.3, 0.4) is 0 Å². The van der Waals surface area contributed by atoms with Gasteiger partial charge in [0.2, 0.25) is 0 Å². The second-order valence-corrected chi connectivity index (χ2v) is 9.69. The smallest absolute Gasteiger partial charge is 0.186 e. The molecule has 5 heterocycles. The van der Waals surface area contributed by atoms with Gasteiger partial charge in [0.15, 0.2) is 5.12 Å². The van der Waals surface area contributed by atoms with Gasteiger partial charge < -0.3 is 9.97 Å². The van der Waals surface area contributed by atoms with Crippen molar-refractivity contribution in [3.63, 3.8) is 0 Å². The molecule has 0 atom stereocenters. The van der Waals surface area contributed by atoms with Crippen molar-refractivity contribution in [2.75, 3.05) is 0 Å². The second kappa shape index (κ2) is 8.89. The van der Waals surface area contributed by atoms with Crippen molar-refractivity contribution in [3.05, 3.63) is 95.1 Å². The van der Waals surface area contributed by atoms with Gasteiger partial charge in [0.25, 0.3) is 0 Å². The Morgan fingerprint density at radius 2 is 1.31 bits per heavy atom. The molecule has 0 unspecified atom stereocenters. The lowest BCUT2D eigenvalue weighted by Gasteiger charge is -2.07. The van der Waals surface area contributed by atoms with E-state index in [2.05, 4.69) is 52.4 Å². The third-order valence-corrected chi connectivity index (χ3v) is 6.76. The van der Waals surface area contributed by atoms with Gasteiger partial charge in [-0.1, -0.05) is 36.0 Å². The first-order chi connectivity index (χ1) is 17.1. The van der Waals surface area contributed by atoms with E-state index in [9.17, 15) is 4.79 Å². The van der Waals surface area contributed by atoms with Gasteiger partial charge in [-0.05, 0) is 77.9 Å². The number of aromatic amines is 2. The number of carbonyl (C=O) groups excluding carboxylic acids is 1. The minimum absolute atomic E-state index is 0.112. The predicted molar refractivity (Wildman–Crippen MR) is 146 cm³/mol. The van der Waals surface area contributed by atoms with Crippen LogP contribution in [0.2, 0.25) is 0 Å². The summed E-state index contributed by atoms with van der Waals surface area (Å²) in [5.74, 6) is 0.638. The van der Waals surface area contributed by atoms with Crippen LogP contribution in [0.25, 0.3) is 57.5 Å². The molecule has 0 radical (unpaired) electrons. The van der Waals surface area contributed by atoms with Crippen molar-refractivity contribution in [3.8, 4) is 11.1 Å². The number of carbonyl (C=O) groups is 1. The fraction of sp³-hybridized carbons (Fsp3) is 0.0690. The standard InChI is InChI=1S/C29H22N4OS/c1-18(34)35-17-19-3-2-4-20(13-19)29-27-11-9-25(32-27)15-23-7-5-21(30-23)14-22-6-8-24(31-22)16-26-10-12-28(29)33-26/h2-16,30-31H,17H2,1H3. The third kappa shape index (κ3) is 4.61. The molecule has 35 heavy (non-hydrogen) atoms. The van der Waals surface area contributed by atoms with Gasteiger partial charge in [0.1, 0.15) is 0 Å². The molecule has 5 nitrogen and oxygen atoms in total. The van der Waals surface area contributed by atoms with Crippen LogP contribution >= 0.6 is 11.8 Å². The molecule has 6 rings (SSSR count). The summed E-state index contributed by atoms with van der Waals surface area (Å²) < 4.78 is 0. The van der Waals surface area contributed by atoms with Crippen LogP contribution in [0.15, 0.2) is 66.7 Å². The average molecular weight is 475 g/mol. The highest BCUT2D eigenvalue weighted by Gasteiger charge is 2.14. The van der Waals surface area contributed by atoms with Crippen LogP contribution in [-0.4, -0.2) is 25.1 Å². The molecule has 1 aromatic carbocycles. The highest BCUT2D eigenvalue weighted by atomic mass is 32.2. The number of rotatable bonds is 3. The number of aromatic nitrogens is 4. The minimum atomic E-state index is 0.112. The molecule has 3 aromatic heterocycles. The summed E-state index contributed by atoms with van der Waals surface area (Å²) >= 11 is 1.32. The normalized spacial score (nSPS) is 12.3. The van der Waals surface area contributed by atoms with Crippen molar-refractivity contribution in [1.82, 2.24) is 19.9 Å².